The molecular formula is C10H9F2N3O. The first-order valence-electron chi connectivity index (χ1n) is 4.65. The number of ketones is 1. The number of carbonyl (C=O) groups is 1. The van der Waals surface area contributed by atoms with Crippen LogP contribution in [0.25, 0.3) is 0 Å². The minimum Gasteiger partial charge on any atom is -0.289 e. The van der Waals surface area contributed by atoms with Crippen LogP contribution >= 0.6 is 0 Å². The van der Waals surface area contributed by atoms with Gasteiger partial charge < -0.3 is 0 Å². The van der Waals surface area contributed by atoms with Gasteiger partial charge in [-0.05, 0) is 0 Å². The molecule has 1 aromatic carbocycles. The first-order valence-corrected chi connectivity index (χ1v) is 4.65. The van der Waals surface area contributed by atoms with Crippen LogP contribution in [0.3, 0.4) is 0 Å². The van der Waals surface area contributed by atoms with Crippen molar-refractivity contribution in [2.24, 2.45) is 5.10 Å². The van der Waals surface area contributed by atoms with E-state index < -0.39 is 12.1 Å². The molecule has 1 aromatic rings. The van der Waals surface area contributed by atoms with Gasteiger partial charge in [0.05, 0.1) is 0 Å². The van der Waals surface area contributed by atoms with Gasteiger partial charge in [-0.3, -0.25) is 4.79 Å². The Morgan fingerprint density at radius 3 is 2.62 bits per heavy atom. The van der Waals surface area contributed by atoms with Gasteiger partial charge in [-0.15, -0.1) is 0 Å². The molecule has 0 unspecified atom stereocenters. The van der Waals surface area contributed by atoms with Crippen molar-refractivity contribution in [1.29, 1.82) is 0 Å². The maximum Gasteiger partial charge on any atom is 0.252 e. The van der Waals surface area contributed by atoms with Gasteiger partial charge in [0.2, 0.25) is 5.78 Å². The van der Waals surface area contributed by atoms with E-state index in [1.807, 2.05) is 0 Å². The van der Waals surface area contributed by atoms with Crippen molar-refractivity contribution in [1.82, 2.24) is 10.1 Å². The summed E-state index contributed by atoms with van der Waals surface area (Å²) in [6.07, 6.45) is -1.13. The van der Waals surface area contributed by atoms with Gasteiger partial charge in [0.1, 0.15) is 13.0 Å². The molecule has 1 aliphatic rings. The summed E-state index contributed by atoms with van der Waals surface area (Å²) in [6, 6.07) is 7.99. The number of hydrogen-bond donors (Lipinski definition) is 0. The Kier molecular flexibility index (Phi) is 2.80. The Labute approximate surface area is 90.7 Å². The number of halogens is 2. The van der Waals surface area contributed by atoms with Gasteiger partial charge in [-0.2, -0.15) is 10.2 Å². The van der Waals surface area contributed by atoms with Gasteiger partial charge in [0.15, 0.2) is 0 Å². The zero-order valence-electron chi connectivity index (χ0n) is 8.25. The third-order valence-electron chi connectivity index (χ3n) is 2.14. The van der Waals surface area contributed by atoms with Crippen LogP contribution in [0.5, 0.6) is 0 Å². The lowest BCUT2D eigenvalue weighted by Gasteiger charge is -2.17. The molecule has 4 nitrogen and oxygen atoms in total. The normalized spacial score (nSPS) is 16.6. The standard InChI is InChI=1S/C10H9F2N3O/c11-10(15-7-14(12)6-13-15)9(16)8-4-2-1-3-5-8/h1-6,10H,7H2/t10-/m0/s1. The third-order valence-corrected chi connectivity index (χ3v) is 2.14. The number of carbonyl (C=O) groups excluding carboxylic acids is 1. The smallest absolute Gasteiger partial charge is 0.252 e. The highest BCUT2D eigenvalue weighted by atomic mass is 19.2. The summed E-state index contributed by atoms with van der Waals surface area (Å²) in [6.45, 7) is -0.375. The number of nitrogens with zero attached hydrogens (tertiary/aromatic N) is 3. The van der Waals surface area contributed by atoms with Crippen LogP contribution in [0.4, 0.5) is 8.87 Å². The zero-order valence-corrected chi connectivity index (χ0v) is 8.25. The lowest BCUT2D eigenvalue weighted by molar-refractivity contribution is 0.0180. The summed E-state index contributed by atoms with van der Waals surface area (Å²) in [5, 5.41) is 4.37. The molecule has 1 heterocycles. The summed E-state index contributed by atoms with van der Waals surface area (Å²) < 4.78 is 26.2. The van der Waals surface area contributed by atoms with Crippen molar-refractivity contribution in [3.05, 3.63) is 35.9 Å². The first kappa shape index (κ1) is 10.5. The topological polar surface area (TPSA) is 35.9 Å². The molecule has 0 saturated carbocycles. The summed E-state index contributed by atoms with van der Waals surface area (Å²) in [4.78, 5) is 11.6. The zero-order chi connectivity index (χ0) is 11.5. The van der Waals surface area contributed by atoms with Gasteiger partial charge in [-0.1, -0.05) is 34.8 Å². The van der Waals surface area contributed by atoms with Crippen LogP contribution in [0.2, 0.25) is 0 Å². The molecule has 1 aliphatic heterocycles. The minimum absolute atomic E-state index is 0.199. The monoisotopic (exact) mass is 225 g/mol. The second-order valence-corrected chi connectivity index (χ2v) is 3.28. The van der Waals surface area contributed by atoms with E-state index in [2.05, 4.69) is 5.10 Å². The fourth-order valence-electron chi connectivity index (χ4n) is 1.34. The molecule has 6 heteroatoms. The fraction of sp³-hybridized carbons (Fsp3) is 0.200. The van der Waals surface area contributed by atoms with E-state index in [1.165, 1.54) is 12.1 Å². The van der Waals surface area contributed by atoms with Crippen LogP contribution in [0.15, 0.2) is 35.4 Å². The number of rotatable bonds is 3. The van der Waals surface area contributed by atoms with E-state index >= 15 is 0 Å². The SMILES string of the molecule is O=C(c1ccccc1)[C@@H](F)N1CN(F)C=N1. The quantitative estimate of drug-likeness (QED) is 0.445. The van der Waals surface area contributed by atoms with Gasteiger partial charge >= 0.3 is 0 Å². The molecule has 0 fully saturated rings. The molecule has 0 amide bonds. The van der Waals surface area contributed by atoms with E-state index in [4.69, 9.17) is 0 Å². The minimum atomic E-state index is -1.96. The molecule has 0 saturated heterocycles. The van der Waals surface area contributed by atoms with Crippen molar-refractivity contribution in [3.8, 4) is 0 Å². The number of Topliss-reactive ketones (excluding diaryl/α,β-unsaturated/α-hetero) is 1. The first-order chi connectivity index (χ1) is 7.68. The highest BCUT2D eigenvalue weighted by molar-refractivity contribution is 5.99. The van der Waals surface area contributed by atoms with Gasteiger partial charge in [0.25, 0.3) is 6.30 Å². The summed E-state index contributed by atoms with van der Waals surface area (Å²) in [5.41, 5.74) is 0.238. The Hall–Kier alpha value is -1.98. The van der Waals surface area contributed by atoms with Crippen molar-refractivity contribution >= 4 is 12.1 Å². The summed E-state index contributed by atoms with van der Waals surface area (Å²) >= 11 is 0. The van der Waals surface area contributed by atoms with E-state index in [-0.39, 0.29) is 17.4 Å². The second kappa shape index (κ2) is 4.26. The van der Waals surface area contributed by atoms with E-state index in [1.54, 1.807) is 18.2 Å². The Bertz CT molecular complexity index is 410. The predicted octanol–water partition coefficient (Wildman–Crippen LogP) is 1.57. The molecule has 0 radical (unpaired) electrons. The van der Waals surface area contributed by atoms with Crippen molar-refractivity contribution in [2.75, 3.05) is 6.67 Å². The molecular weight excluding hydrogens is 216 g/mol. The predicted molar refractivity (Wildman–Crippen MR) is 53.8 cm³/mol. The molecule has 0 aliphatic carbocycles. The number of hydrazone groups is 1. The maximum absolute atomic E-state index is 13.6. The van der Waals surface area contributed by atoms with Gasteiger partial charge in [0, 0.05) is 5.56 Å². The van der Waals surface area contributed by atoms with Crippen LogP contribution < -0.4 is 0 Å². The van der Waals surface area contributed by atoms with Crippen molar-refractivity contribution in [3.63, 3.8) is 0 Å². The van der Waals surface area contributed by atoms with Gasteiger partial charge in [-0.25, -0.2) is 9.40 Å². The van der Waals surface area contributed by atoms with Crippen molar-refractivity contribution in [2.45, 2.75) is 6.30 Å². The summed E-state index contributed by atoms with van der Waals surface area (Å²) in [7, 11) is 0. The number of hydrogen-bond acceptors (Lipinski definition) is 4. The van der Waals surface area contributed by atoms with Crippen LogP contribution in [0, 0.1) is 0 Å². The molecule has 0 bridgehead atoms. The highest BCUT2D eigenvalue weighted by Crippen LogP contribution is 2.14. The van der Waals surface area contributed by atoms with E-state index in [9.17, 15) is 13.7 Å². The molecule has 0 N–H and O–H groups in total. The lowest BCUT2D eigenvalue weighted by Crippen LogP contribution is -2.35. The molecule has 0 aromatic heterocycles. The average Bonchev–Trinajstić information content (AvgIpc) is 2.75. The third kappa shape index (κ3) is 2.00. The molecule has 2 rings (SSSR count). The Morgan fingerprint density at radius 1 is 1.38 bits per heavy atom. The lowest BCUT2D eigenvalue weighted by atomic mass is 10.1. The Balaban J connectivity index is 2.08. The van der Waals surface area contributed by atoms with Crippen LogP contribution in [-0.2, 0) is 0 Å². The van der Waals surface area contributed by atoms with Crippen molar-refractivity contribution < 1.29 is 13.7 Å². The molecule has 0 spiro atoms. The molecule has 84 valence electrons. The molecule has 16 heavy (non-hydrogen) atoms. The number of alkyl halides is 1. The van der Waals surface area contributed by atoms with E-state index in [0.717, 1.165) is 11.3 Å². The number of benzene rings is 1. The Morgan fingerprint density at radius 2 is 2.06 bits per heavy atom. The fourth-order valence-corrected chi connectivity index (χ4v) is 1.34. The van der Waals surface area contributed by atoms with Crippen LogP contribution in [0.1, 0.15) is 10.4 Å². The summed E-state index contributed by atoms with van der Waals surface area (Å²) in [5.74, 6) is -0.729. The molecule has 1 atom stereocenters. The van der Waals surface area contributed by atoms with E-state index in [0.29, 0.717) is 0 Å². The second-order valence-electron chi connectivity index (χ2n) is 3.28. The largest absolute Gasteiger partial charge is 0.289 e. The average molecular weight is 225 g/mol. The maximum atomic E-state index is 13.6. The van der Waals surface area contributed by atoms with Crippen LogP contribution in [-0.4, -0.2) is 35.2 Å². The highest BCUT2D eigenvalue weighted by Gasteiger charge is 2.29.